The van der Waals surface area contributed by atoms with Gasteiger partial charge >= 0.3 is 0 Å². The van der Waals surface area contributed by atoms with Crippen LogP contribution in [0.25, 0.3) is 0 Å². The monoisotopic (exact) mass is 279 g/mol. The Morgan fingerprint density at radius 3 is 2.84 bits per heavy atom. The van der Waals surface area contributed by atoms with Crippen LogP contribution in [0, 0.1) is 6.92 Å². The van der Waals surface area contributed by atoms with Crippen LogP contribution in [-0.4, -0.2) is 23.9 Å². The predicted octanol–water partition coefficient (Wildman–Crippen LogP) is 2.76. The topological polar surface area (TPSA) is 56.3 Å². The molecular formula is C13H17N3O2S. The van der Waals surface area contributed by atoms with Crippen molar-refractivity contribution in [3.63, 3.8) is 0 Å². The zero-order chi connectivity index (χ0) is 13.7. The first-order valence-corrected chi connectivity index (χ1v) is 6.90. The third-order valence-corrected chi connectivity index (χ3v) is 3.29. The van der Waals surface area contributed by atoms with E-state index in [0.29, 0.717) is 23.2 Å². The largest absolute Gasteiger partial charge is 0.493 e. The van der Waals surface area contributed by atoms with Gasteiger partial charge in [-0.25, -0.2) is 0 Å². The van der Waals surface area contributed by atoms with E-state index in [4.69, 9.17) is 9.47 Å². The molecule has 0 bridgehead atoms. The number of nitrogens with zero attached hydrogens (tertiary/aromatic N) is 2. The quantitative estimate of drug-likeness (QED) is 0.881. The molecule has 0 unspecified atom stereocenters. The van der Waals surface area contributed by atoms with Gasteiger partial charge < -0.3 is 14.8 Å². The SMILES string of the molecule is CCNCc1nnc(Oc2ccc(C)cc2OC)s1. The highest BCUT2D eigenvalue weighted by Crippen LogP contribution is 2.33. The molecule has 1 aromatic carbocycles. The van der Waals surface area contributed by atoms with Crippen LogP contribution < -0.4 is 14.8 Å². The van der Waals surface area contributed by atoms with Crippen molar-refractivity contribution in [2.45, 2.75) is 20.4 Å². The predicted molar refractivity (Wildman–Crippen MR) is 75.1 cm³/mol. The standard InChI is InChI=1S/C13H17N3O2S/c1-4-14-8-12-15-16-13(19-12)18-10-6-5-9(2)7-11(10)17-3/h5-7,14H,4,8H2,1-3H3. The minimum atomic E-state index is 0.523. The number of aromatic nitrogens is 2. The molecule has 1 aromatic heterocycles. The van der Waals surface area contributed by atoms with Crippen molar-refractivity contribution >= 4 is 11.3 Å². The minimum absolute atomic E-state index is 0.523. The second kappa shape index (κ2) is 6.49. The third-order valence-electron chi connectivity index (χ3n) is 2.49. The summed E-state index contributed by atoms with van der Waals surface area (Å²) in [6, 6.07) is 5.77. The second-order valence-corrected chi connectivity index (χ2v) is 5.02. The lowest BCUT2D eigenvalue weighted by Gasteiger charge is -2.08. The molecule has 5 nitrogen and oxygen atoms in total. The molecule has 0 radical (unpaired) electrons. The summed E-state index contributed by atoms with van der Waals surface area (Å²) in [5, 5.41) is 12.7. The summed E-state index contributed by atoms with van der Waals surface area (Å²) in [4.78, 5) is 0. The van der Waals surface area contributed by atoms with Crippen molar-refractivity contribution in [3.8, 4) is 16.7 Å². The smallest absolute Gasteiger partial charge is 0.299 e. The van der Waals surface area contributed by atoms with Gasteiger partial charge in [0.15, 0.2) is 11.5 Å². The number of ether oxygens (including phenoxy) is 2. The molecule has 2 rings (SSSR count). The highest BCUT2D eigenvalue weighted by Gasteiger charge is 2.10. The highest BCUT2D eigenvalue weighted by atomic mass is 32.1. The van der Waals surface area contributed by atoms with Crippen LogP contribution >= 0.6 is 11.3 Å². The first-order chi connectivity index (χ1) is 9.22. The van der Waals surface area contributed by atoms with Crippen molar-refractivity contribution in [3.05, 3.63) is 28.8 Å². The maximum absolute atomic E-state index is 5.71. The van der Waals surface area contributed by atoms with Gasteiger partial charge in [-0.1, -0.05) is 29.4 Å². The molecule has 0 aliphatic rings. The van der Waals surface area contributed by atoms with E-state index in [1.165, 1.54) is 11.3 Å². The number of nitrogens with one attached hydrogen (secondary N) is 1. The number of aryl methyl sites for hydroxylation is 1. The fourth-order valence-electron chi connectivity index (χ4n) is 1.54. The lowest BCUT2D eigenvalue weighted by Crippen LogP contribution is -2.11. The van der Waals surface area contributed by atoms with Crippen LogP contribution in [-0.2, 0) is 6.54 Å². The highest BCUT2D eigenvalue weighted by molar-refractivity contribution is 7.13. The van der Waals surface area contributed by atoms with Crippen molar-refractivity contribution < 1.29 is 9.47 Å². The Kier molecular flexibility index (Phi) is 4.70. The maximum Gasteiger partial charge on any atom is 0.299 e. The number of hydrogen-bond donors (Lipinski definition) is 1. The molecule has 1 N–H and O–H groups in total. The van der Waals surface area contributed by atoms with Crippen molar-refractivity contribution in [2.24, 2.45) is 0 Å². The number of benzene rings is 1. The molecule has 1 heterocycles. The zero-order valence-corrected chi connectivity index (χ0v) is 12.1. The summed E-state index contributed by atoms with van der Waals surface area (Å²) in [7, 11) is 1.62. The third kappa shape index (κ3) is 3.65. The van der Waals surface area contributed by atoms with Gasteiger partial charge in [0.05, 0.1) is 7.11 Å². The molecule has 0 atom stereocenters. The van der Waals surface area contributed by atoms with Crippen LogP contribution in [0.15, 0.2) is 18.2 Å². The van der Waals surface area contributed by atoms with Crippen LogP contribution in [0.1, 0.15) is 17.5 Å². The van der Waals surface area contributed by atoms with E-state index >= 15 is 0 Å². The molecule has 6 heteroatoms. The number of rotatable bonds is 6. The molecular weight excluding hydrogens is 262 g/mol. The van der Waals surface area contributed by atoms with Gasteiger partial charge in [-0.3, -0.25) is 0 Å². The van der Waals surface area contributed by atoms with Crippen molar-refractivity contribution in [2.75, 3.05) is 13.7 Å². The van der Waals surface area contributed by atoms with E-state index in [-0.39, 0.29) is 0 Å². The van der Waals surface area contributed by atoms with E-state index in [2.05, 4.69) is 22.4 Å². The van der Waals surface area contributed by atoms with Gasteiger partial charge in [0, 0.05) is 6.54 Å². The van der Waals surface area contributed by atoms with Crippen molar-refractivity contribution in [1.29, 1.82) is 0 Å². The summed E-state index contributed by atoms with van der Waals surface area (Å²) >= 11 is 1.43. The summed E-state index contributed by atoms with van der Waals surface area (Å²) in [6.07, 6.45) is 0. The Morgan fingerprint density at radius 1 is 1.26 bits per heavy atom. The molecule has 0 saturated heterocycles. The fourth-order valence-corrected chi connectivity index (χ4v) is 2.21. The summed E-state index contributed by atoms with van der Waals surface area (Å²) in [5.74, 6) is 1.35. The van der Waals surface area contributed by atoms with Gasteiger partial charge in [0.25, 0.3) is 5.19 Å². The van der Waals surface area contributed by atoms with Gasteiger partial charge in [-0.05, 0) is 31.2 Å². The lowest BCUT2D eigenvalue weighted by molar-refractivity contribution is 0.376. The number of hydrogen-bond acceptors (Lipinski definition) is 6. The van der Waals surface area contributed by atoms with Crippen molar-refractivity contribution in [1.82, 2.24) is 15.5 Å². The molecule has 19 heavy (non-hydrogen) atoms. The Hall–Kier alpha value is -1.66. The normalized spacial score (nSPS) is 10.5. The van der Waals surface area contributed by atoms with Crippen LogP contribution in [0.2, 0.25) is 0 Å². The summed E-state index contributed by atoms with van der Waals surface area (Å²) in [6.45, 7) is 5.67. The first kappa shape index (κ1) is 13.8. The second-order valence-electron chi connectivity index (χ2n) is 4.00. The summed E-state index contributed by atoms with van der Waals surface area (Å²) in [5.41, 5.74) is 1.12. The van der Waals surface area contributed by atoms with E-state index in [1.54, 1.807) is 7.11 Å². The Morgan fingerprint density at radius 2 is 2.11 bits per heavy atom. The molecule has 0 fully saturated rings. The average molecular weight is 279 g/mol. The first-order valence-electron chi connectivity index (χ1n) is 6.08. The molecule has 0 aliphatic carbocycles. The molecule has 102 valence electrons. The molecule has 0 amide bonds. The van der Waals surface area contributed by atoms with Gasteiger partial charge in [-0.2, -0.15) is 0 Å². The molecule has 2 aromatic rings. The Balaban J connectivity index is 2.10. The lowest BCUT2D eigenvalue weighted by atomic mass is 10.2. The fraction of sp³-hybridized carbons (Fsp3) is 0.385. The summed E-state index contributed by atoms with van der Waals surface area (Å²) < 4.78 is 11.0. The Labute approximate surface area is 116 Å². The number of methoxy groups -OCH3 is 1. The van der Waals surface area contributed by atoms with Gasteiger partial charge in [-0.15, -0.1) is 5.10 Å². The molecule has 0 aliphatic heterocycles. The molecule has 0 saturated carbocycles. The van der Waals surface area contributed by atoms with Gasteiger partial charge in [0.1, 0.15) is 5.01 Å². The van der Waals surface area contributed by atoms with Gasteiger partial charge in [0.2, 0.25) is 0 Å². The Bertz CT molecular complexity index is 542. The molecule has 0 spiro atoms. The van der Waals surface area contributed by atoms with Crippen LogP contribution in [0.5, 0.6) is 16.7 Å². The van der Waals surface area contributed by atoms with E-state index in [1.807, 2.05) is 25.1 Å². The van der Waals surface area contributed by atoms with E-state index in [0.717, 1.165) is 17.1 Å². The zero-order valence-electron chi connectivity index (χ0n) is 11.3. The minimum Gasteiger partial charge on any atom is -0.493 e. The average Bonchev–Trinajstić information content (AvgIpc) is 2.86. The van der Waals surface area contributed by atoms with Crippen LogP contribution in [0.4, 0.5) is 0 Å². The van der Waals surface area contributed by atoms with E-state index in [9.17, 15) is 0 Å². The van der Waals surface area contributed by atoms with Crippen LogP contribution in [0.3, 0.4) is 0 Å². The van der Waals surface area contributed by atoms with E-state index < -0.39 is 0 Å². The maximum atomic E-state index is 5.71.